The van der Waals surface area contributed by atoms with Gasteiger partial charge in [-0.05, 0) is 37.5 Å². The van der Waals surface area contributed by atoms with Crippen LogP contribution in [-0.2, 0) is 14.3 Å². The first kappa shape index (κ1) is 17.0. The van der Waals surface area contributed by atoms with E-state index in [1.165, 1.54) is 0 Å². The summed E-state index contributed by atoms with van der Waals surface area (Å²) >= 11 is 0. The summed E-state index contributed by atoms with van der Waals surface area (Å²) < 4.78 is 10.1. The lowest BCUT2D eigenvalue weighted by Gasteiger charge is -2.06. The van der Waals surface area contributed by atoms with Crippen LogP contribution in [0.3, 0.4) is 0 Å². The Labute approximate surface area is 125 Å². The normalized spacial score (nSPS) is 10.6. The predicted octanol–water partition coefficient (Wildman–Crippen LogP) is 3.50. The Kier molecular flexibility index (Phi) is 7.23. The fraction of sp³-hybridized carbons (Fsp3) is 0.412. The molecule has 0 unspecified atom stereocenters. The number of carbonyl (C=O) groups is 2. The molecule has 4 heteroatoms. The summed E-state index contributed by atoms with van der Waals surface area (Å²) in [5, 5.41) is 0. The van der Waals surface area contributed by atoms with Crippen molar-refractivity contribution in [2.75, 3.05) is 6.61 Å². The third-order valence-corrected chi connectivity index (χ3v) is 2.90. The standard InChI is InChI=1S/C17H22O4/c1-4-5-6-11-20-16(18)9-10-17(19)21-15-12-13(2)7-8-14(15)3/h7-10,12H,4-6,11H2,1-3H3/b10-9+. The zero-order valence-corrected chi connectivity index (χ0v) is 12.8. The van der Waals surface area contributed by atoms with Gasteiger partial charge in [0.15, 0.2) is 0 Å². The van der Waals surface area contributed by atoms with Crippen molar-refractivity contribution < 1.29 is 19.1 Å². The Balaban J connectivity index is 2.44. The third kappa shape index (κ3) is 6.75. The number of ether oxygens (including phenoxy) is 2. The van der Waals surface area contributed by atoms with Crippen LogP contribution in [0.1, 0.15) is 37.3 Å². The Morgan fingerprint density at radius 1 is 1.10 bits per heavy atom. The lowest BCUT2D eigenvalue weighted by Crippen LogP contribution is -2.08. The number of benzene rings is 1. The molecule has 1 aromatic rings. The quantitative estimate of drug-likeness (QED) is 0.334. The van der Waals surface area contributed by atoms with E-state index in [1.54, 1.807) is 6.07 Å². The molecule has 0 aliphatic heterocycles. The van der Waals surface area contributed by atoms with Crippen molar-refractivity contribution in [3.63, 3.8) is 0 Å². The van der Waals surface area contributed by atoms with Crippen molar-refractivity contribution in [1.29, 1.82) is 0 Å². The Bertz CT molecular complexity index is 518. The molecule has 4 nitrogen and oxygen atoms in total. The summed E-state index contributed by atoms with van der Waals surface area (Å²) in [6.07, 6.45) is 5.10. The highest BCUT2D eigenvalue weighted by atomic mass is 16.5. The molecule has 0 N–H and O–H groups in total. The molecular formula is C17H22O4. The zero-order valence-electron chi connectivity index (χ0n) is 12.8. The molecule has 0 aromatic heterocycles. The molecule has 0 amide bonds. The number of unbranched alkanes of at least 4 members (excludes halogenated alkanes) is 2. The second kappa shape index (κ2) is 8.95. The fourth-order valence-electron chi connectivity index (χ4n) is 1.67. The van der Waals surface area contributed by atoms with Crippen molar-refractivity contribution >= 4 is 11.9 Å². The van der Waals surface area contributed by atoms with Crippen molar-refractivity contribution in [3.8, 4) is 5.75 Å². The first-order valence-corrected chi connectivity index (χ1v) is 7.17. The lowest BCUT2D eigenvalue weighted by molar-refractivity contribution is -0.138. The molecule has 21 heavy (non-hydrogen) atoms. The maximum atomic E-state index is 11.6. The molecule has 114 valence electrons. The summed E-state index contributed by atoms with van der Waals surface area (Å²) in [4.78, 5) is 23.0. The van der Waals surface area contributed by atoms with Gasteiger partial charge in [0.25, 0.3) is 0 Å². The van der Waals surface area contributed by atoms with E-state index in [1.807, 2.05) is 26.0 Å². The SMILES string of the molecule is CCCCCOC(=O)/C=C/C(=O)Oc1cc(C)ccc1C. The monoisotopic (exact) mass is 290 g/mol. The number of aryl methyl sites for hydroxylation is 2. The topological polar surface area (TPSA) is 52.6 Å². The van der Waals surface area contributed by atoms with E-state index in [-0.39, 0.29) is 0 Å². The van der Waals surface area contributed by atoms with Crippen molar-refractivity contribution in [3.05, 3.63) is 41.5 Å². The minimum atomic E-state index is -0.589. The maximum absolute atomic E-state index is 11.6. The van der Waals surface area contributed by atoms with Gasteiger partial charge in [0.1, 0.15) is 5.75 Å². The molecule has 0 saturated carbocycles. The molecule has 0 aliphatic rings. The van der Waals surface area contributed by atoms with Gasteiger partial charge in [-0.2, -0.15) is 0 Å². The van der Waals surface area contributed by atoms with Crippen LogP contribution in [0.5, 0.6) is 5.75 Å². The van der Waals surface area contributed by atoms with Gasteiger partial charge in [0, 0.05) is 12.2 Å². The fourth-order valence-corrected chi connectivity index (χ4v) is 1.67. The summed E-state index contributed by atoms with van der Waals surface area (Å²) in [5.74, 6) is -0.612. The van der Waals surface area contributed by atoms with Crippen LogP contribution in [0.25, 0.3) is 0 Å². The number of hydrogen-bond donors (Lipinski definition) is 0. The predicted molar refractivity (Wildman–Crippen MR) is 81.2 cm³/mol. The van der Waals surface area contributed by atoms with Gasteiger partial charge in [-0.25, -0.2) is 9.59 Å². The largest absolute Gasteiger partial charge is 0.463 e. The Morgan fingerprint density at radius 2 is 1.81 bits per heavy atom. The van der Waals surface area contributed by atoms with Gasteiger partial charge in [-0.3, -0.25) is 0 Å². The second-order valence-electron chi connectivity index (χ2n) is 4.90. The summed E-state index contributed by atoms with van der Waals surface area (Å²) in [7, 11) is 0. The molecule has 0 saturated heterocycles. The van der Waals surface area contributed by atoms with Gasteiger partial charge in [0.2, 0.25) is 0 Å². The minimum absolute atomic E-state index is 0.378. The third-order valence-electron chi connectivity index (χ3n) is 2.90. The van der Waals surface area contributed by atoms with Crippen LogP contribution in [-0.4, -0.2) is 18.5 Å². The molecule has 0 aliphatic carbocycles. The van der Waals surface area contributed by atoms with E-state index >= 15 is 0 Å². The number of hydrogen-bond acceptors (Lipinski definition) is 4. The summed E-state index contributed by atoms with van der Waals surface area (Å²) in [6.45, 7) is 6.22. The van der Waals surface area contributed by atoms with Crippen molar-refractivity contribution in [1.82, 2.24) is 0 Å². The highest BCUT2D eigenvalue weighted by Crippen LogP contribution is 2.19. The smallest absolute Gasteiger partial charge is 0.336 e. The van der Waals surface area contributed by atoms with E-state index in [9.17, 15) is 9.59 Å². The number of esters is 2. The van der Waals surface area contributed by atoms with Gasteiger partial charge >= 0.3 is 11.9 Å². The summed E-state index contributed by atoms with van der Waals surface area (Å²) in [6, 6.07) is 5.60. The molecule has 0 bridgehead atoms. The molecule has 0 radical (unpaired) electrons. The lowest BCUT2D eigenvalue weighted by atomic mass is 10.1. The van der Waals surface area contributed by atoms with Crippen LogP contribution in [0.2, 0.25) is 0 Å². The van der Waals surface area contributed by atoms with Crippen LogP contribution in [0.4, 0.5) is 0 Å². The van der Waals surface area contributed by atoms with Gasteiger partial charge in [-0.1, -0.05) is 31.9 Å². The Morgan fingerprint density at radius 3 is 2.52 bits per heavy atom. The maximum Gasteiger partial charge on any atom is 0.336 e. The van der Waals surface area contributed by atoms with Crippen molar-refractivity contribution in [2.24, 2.45) is 0 Å². The van der Waals surface area contributed by atoms with Gasteiger partial charge in [0.05, 0.1) is 6.61 Å². The molecule has 0 atom stereocenters. The molecule has 1 rings (SSSR count). The zero-order chi connectivity index (χ0) is 15.7. The van der Waals surface area contributed by atoms with Crippen LogP contribution in [0.15, 0.2) is 30.4 Å². The summed E-state index contributed by atoms with van der Waals surface area (Å²) in [5.41, 5.74) is 1.87. The van der Waals surface area contributed by atoms with E-state index < -0.39 is 11.9 Å². The van der Waals surface area contributed by atoms with E-state index in [2.05, 4.69) is 6.92 Å². The molecule has 0 fully saturated rings. The minimum Gasteiger partial charge on any atom is -0.463 e. The molecule has 0 heterocycles. The molecule has 0 spiro atoms. The van der Waals surface area contributed by atoms with Crippen LogP contribution < -0.4 is 4.74 Å². The average molecular weight is 290 g/mol. The van der Waals surface area contributed by atoms with E-state index in [4.69, 9.17) is 9.47 Å². The molecular weight excluding hydrogens is 268 g/mol. The van der Waals surface area contributed by atoms with Gasteiger partial charge in [-0.15, -0.1) is 0 Å². The van der Waals surface area contributed by atoms with E-state index in [0.29, 0.717) is 12.4 Å². The highest BCUT2D eigenvalue weighted by Gasteiger charge is 2.05. The number of carbonyl (C=O) groups excluding carboxylic acids is 2. The van der Waals surface area contributed by atoms with Crippen LogP contribution >= 0.6 is 0 Å². The highest BCUT2D eigenvalue weighted by molar-refractivity contribution is 5.92. The van der Waals surface area contributed by atoms with Crippen molar-refractivity contribution in [2.45, 2.75) is 40.0 Å². The van der Waals surface area contributed by atoms with Gasteiger partial charge < -0.3 is 9.47 Å². The average Bonchev–Trinajstić information content (AvgIpc) is 2.45. The number of rotatable bonds is 7. The second-order valence-corrected chi connectivity index (χ2v) is 4.90. The van der Waals surface area contributed by atoms with E-state index in [0.717, 1.165) is 42.5 Å². The van der Waals surface area contributed by atoms with Crippen LogP contribution in [0, 0.1) is 13.8 Å². The first-order valence-electron chi connectivity index (χ1n) is 7.17. The molecule has 1 aromatic carbocycles. The Hall–Kier alpha value is -2.10. The first-order chi connectivity index (χ1) is 10.0.